The van der Waals surface area contributed by atoms with Crippen molar-refractivity contribution in [1.82, 2.24) is 15.8 Å². The highest BCUT2D eigenvalue weighted by molar-refractivity contribution is 5.94. The van der Waals surface area contributed by atoms with Gasteiger partial charge in [0.25, 0.3) is 11.8 Å². The molecule has 0 aliphatic carbocycles. The SMILES string of the molecule is CC(Oc1ccc(C#N)cc1)C(=O)NNC(=O)c1ccc[nH]1. The molecule has 0 aliphatic heterocycles. The van der Waals surface area contributed by atoms with Crippen LogP contribution >= 0.6 is 0 Å². The van der Waals surface area contributed by atoms with Gasteiger partial charge < -0.3 is 9.72 Å². The first kappa shape index (κ1) is 15.1. The lowest BCUT2D eigenvalue weighted by molar-refractivity contribution is -0.128. The van der Waals surface area contributed by atoms with E-state index in [2.05, 4.69) is 15.8 Å². The molecule has 0 spiro atoms. The number of aromatic amines is 1. The predicted molar refractivity (Wildman–Crippen MR) is 77.6 cm³/mol. The van der Waals surface area contributed by atoms with Crippen LogP contribution in [0.15, 0.2) is 42.6 Å². The number of ether oxygens (including phenoxy) is 1. The van der Waals surface area contributed by atoms with Crippen LogP contribution in [-0.4, -0.2) is 22.9 Å². The maximum absolute atomic E-state index is 11.8. The number of benzene rings is 1. The fourth-order valence-corrected chi connectivity index (χ4v) is 1.62. The summed E-state index contributed by atoms with van der Waals surface area (Å²) in [6.07, 6.45) is 0.796. The zero-order chi connectivity index (χ0) is 15.9. The largest absolute Gasteiger partial charge is 0.481 e. The molecular formula is C15H14N4O3. The average molecular weight is 298 g/mol. The van der Waals surface area contributed by atoms with Gasteiger partial charge >= 0.3 is 0 Å². The summed E-state index contributed by atoms with van der Waals surface area (Å²) in [5.74, 6) is -0.495. The number of nitrogens with zero attached hydrogens (tertiary/aromatic N) is 1. The normalized spacial score (nSPS) is 11.1. The number of hydrogen-bond donors (Lipinski definition) is 3. The quantitative estimate of drug-likeness (QED) is 0.735. The van der Waals surface area contributed by atoms with E-state index in [4.69, 9.17) is 10.00 Å². The van der Waals surface area contributed by atoms with Gasteiger partial charge in [-0.2, -0.15) is 5.26 Å². The summed E-state index contributed by atoms with van der Waals surface area (Å²) in [6, 6.07) is 11.6. The number of amides is 2. The molecule has 1 aromatic carbocycles. The molecular weight excluding hydrogens is 284 g/mol. The first-order valence-corrected chi connectivity index (χ1v) is 6.50. The van der Waals surface area contributed by atoms with Crippen molar-refractivity contribution in [2.45, 2.75) is 13.0 Å². The maximum Gasteiger partial charge on any atom is 0.286 e. The number of carbonyl (C=O) groups is 2. The van der Waals surface area contributed by atoms with E-state index < -0.39 is 17.9 Å². The van der Waals surface area contributed by atoms with Gasteiger partial charge in [0.1, 0.15) is 11.4 Å². The number of rotatable bonds is 4. The van der Waals surface area contributed by atoms with Gasteiger partial charge in [-0.3, -0.25) is 20.4 Å². The standard InChI is InChI=1S/C15H14N4O3/c1-10(22-12-6-4-11(9-16)5-7-12)14(20)18-19-15(21)13-3-2-8-17-13/h2-8,10,17H,1H3,(H,18,20)(H,19,21). The Hall–Kier alpha value is -3.27. The molecule has 7 heteroatoms. The van der Waals surface area contributed by atoms with Crippen molar-refractivity contribution in [3.63, 3.8) is 0 Å². The summed E-state index contributed by atoms with van der Waals surface area (Å²) in [4.78, 5) is 26.2. The van der Waals surface area contributed by atoms with E-state index in [9.17, 15) is 9.59 Å². The summed E-state index contributed by atoms with van der Waals surface area (Å²) in [5.41, 5.74) is 5.39. The maximum atomic E-state index is 11.8. The smallest absolute Gasteiger partial charge is 0.286 e. The highest BCUT2D eigenvalue weighted by Gasteiger charge is 2.16. The van der Waals surface area contributed by atoms with Gasteiger partial charge in [-0.05, 0) is 43.3 Å². The molecule has 2 rings (SSSR count). The monoisotopic (exact) mass is 298 g/mol. The zero-order valence-electron chi connectivity index (χ0n) is 11.8. The van der Waals surface area contributed by atoms with Crippen molar-refractivity contribution >= 4 is 11.8 Å². The van der Waals surface area contributed by atoms with Crippen molar-refractivity contribution < 1.29 is 14.3 Å². The van der Waals surface area contributed by atoms with E-state index in [1.54, 1.807) is 49.5 Å². The topological polar surface area (TPSA) is 107 Å². The van der Waals surface area contributed by atoms with Gasteiger partial charge in [0, 0.05) is 6.20 Å². The van der Waals surface area contributed by atoms with Crippen LogP contribution in [0.4, 0.5) is 0 Å². The van der Waals surface area contributed by atoms with Crippen LogP contribution in [0.25, 0.3) is 0 Å². The van der Waals surface area contributed by atoms with Crippen LogP contribution in [0.2, 0.25) is 0 Å². The zero-order valence-corrected chi connectivity index (χ0v) is 11.8. The van der Waals surface area contributed by atoms with E-state index in [1.165, 1.54) is 0 Å². The molecule has 1 aromatic heterocycles. The van der Waals surface area contributed by atoms with Crippen LogP contribution in [0, 0.1) is 11.3 Å². The second-order valence-electron chi connectivity index (χ2n) is 4.42. The Bertz CT molecular complexity index is 687. The van der Waals surface area contributed by atoms with Crippen LogP contribution in [0.3, 0.4) is 0 Å². The van der Waals surface area contributed by atoms with Crippen molar-refractivity contribution in [3.8, 4) is 11.8 Å². The molecule has 1 unspecified atom stereocenters. The lowest BCUT2D eigenvalue weighted by Crippen LogP contribution is -2.47. The number of hydrogen-bond acceptors (Lipinski definition) is 4. The number of nitrogens with one attached hydrogen (secondary N) is 3. The van der Waals surface area contributed by atoms with Crippen molar-refractivity contribution in [2.24, 2.45) is 0 Å². The van der Waals surface area contributed by atoms with E-state index >= 15 is 0 Å². The molecule has 0 bridgehead atoms. The molecule has 0 saturated heterocycles. The summed E-state index contributed by atoms with van der Waals surface area (Å²) in [5, 5.41) is 8.70. The van der Waals surface area contributed by atoms with Crippen LogP contribution in [0.1, 0.15) is 23.0 Å². The first-order chi connectivity index (χ1) is 10.6. The van der Waals surface area contributed by atoms with Crippen molar-refractivity contribution in [3.05, 3.63) is 53.9 Å². The minimum Gasteiger partial charge on any atom is -0.481 e. The van der Waals surface area contributed by atoms with Crippen LogP contribution in [-0.2, 0) is 4.79 Å². The number of hydrazine groups is 1. The predicted octanol–water partition coefficient (Wildman–Crippen LogP) is 1.11. The van der Waals surface area contributed by atoms with Crippen LogP contribution in [0.5, 0.6) is 5.75 Å². The van der Waals surface area contributed by atoms with E-state index in [1.807, 2.05) is 6.07 Å². The van der Waals surface area contributed by atoms with Crippen molar-refractivity contribution in [2.75, 3.05) is 0 Å². The highest BCUT2D eigenvalue weighted by atomic mass is 16.5. The fraction of sp³-hybridized carbons (Fsp3) is 0.133. The number of H-pyrrole nitrogens is 1. The van der Waals surface area contributed by atoms with Gasteiger partial charge in [0.05, 0.1) is 11.6 Å². The molecule has 0 fully saturated rings. The molecule has 0 radical (unpaired) electrons. The van der Waals surface area contributed by atoms with Gasteiger partial charge in [0.2, 0.25) is 0 Å². The molecule has 2 aromatic rings. The summed E-state index contributed by atoms with van der Waals surface area (Å²) in [7, 11) is 0. The fourth-order valence-electron chi connectivity index (χ4n) is 1.62. The van der Waals surface area contributed by atoms with E-state index in [-0.39, 0.29) is 0 Å². The Kier molecular flexibility index (Phi) is 4.78. The van der Waals surface area contributed by atoms with E-state index in [0.717, 1.165) is 0 Å². The Morgan fingerprint density at radius 1 is 1.23 bits per heavy atom. The number of aromatic nitrogens is 1. The van der Waals surface area contributed by atoms with Gasteiger partial charge in [-0.25, -0.2) is 0 Å². The lowest BCUT2D eigenvalue weighted by Gasteiger charge is -2.15. The lowest BCUT2D eigenvalue weighted by atomic mass is 10.2. The Morgan fingerprint density at radius 3 is 2.55 bits per heavy atom. The first-order valence-electron chi connectivity index (χ1n) is 6.50. The average Bonchev–Trinajstić information content (AvgIpc) is 3.07. The summed E-state index contributed by atoms with van der Waals surface area (Å²) >= 11 is 0. The molecule has 1 heterocycles. The Balaban J connectivity index is 1.84. The molecule has 22 heavy (non-hydrogen) atoms. The molecule has 3 N–H and O–H groups in total. The molecule has 0 saturated carbocycles. The summed E-state index contributed by atoms with van der Waals surface area (Å²) < 4.78 is 5.42. The third-order valence-corrected chi connectivity index (χ3v) is 2.81. The van der Waals surface area contributed by atoms with E-state index in [0.29, 0.717) is 17.0 Å². The third kappa shape index (κ3) is 3.86. The minimum absolute atomic E-state index is 0.334. The molecule has 2 amide bonds. The number of nitriles is 1. The molecule has 7 nitrogen and oxygen atoms in total. The second kappa shape index (κ2) is 6.95. The minimum atomic E-state index is -0.808. The number of carbonyl (C=O) groups excluding carboxylic acids is 2. The second-order valence-corrected chi connectivity index (χ2v) is 4.42. The van der Waals surface area contributed by atoms with Crippen molar-refractivity contribution in [1.29, 1.82) is 5.26 Å². The molecule has 112 valence electrons. The third-order valence-electron chi connectivity index (χ3n) is 2.81. The van der Waals surface area contributed by atoms with Gasteiger partial charge in [-0.15, -0.1) is 0 Å². The molecule has 1 atom stereocenters. The highest BCUT2D eigenvalue weighted by Crippen LogP contribution is 2.13. The Labute approximate surface area is 126 Å². The van der Waals surface area contributed by atoms with Gasteiger partial charge in [-0.1, -0.05) is 0 Å². The van der Waals surface area contributed by atoms with Gasteiger partial charge in [0.15, 0.2) is 6.10 Å². The van der Waals surface area contributed by atoms with Crippen LogP contribution < -0.4 is 15.6 Å². The molecule has 0 aliphatic rings. The summed E-state index contributed by atoms with van der Waals surface area (Å²) in [6.45, 7) is 1.55. The Morgan fingerprint density at radius 2 is 1.95 bits per heavy atom.